The SMILES string of the molecule is C\C=C/C=C1/NCCC/C1=C/C. The van der Waals surface area contributed by atoms with Crippen LogP contribution in [-0.4, -0.2) is 6.54 Å². The molecule has 0 atom stereocenters. The van der Waals surface area contributed by atoms with Crippen LogP contribution in [0.2, 0.25) is 0 Å². The van der Waals surface area contributed by atoms with Gasteiger partial charge in [0, 0.05) is 12.2 Å². The van der Waals surface area contributed by atoms with Gasteiger partial charge in [-0.2, -0.15) is 0 Å². The molecule has 1 nitrogen and oxygen atoms in total. The summed E-state index contributed by atoms with van der Waals surface area (Å²) in [5, 5.41) is 3.40. The van der Waals surface area contributed by atoms with Crippen LogP contribution in [0.4, 0.5) is 0 Å². The zero-order chi connectivity index (χ0) is 8.81. The number of hydrogen-bond donors (Lipinski definition) is 1. The van der Waals surface area contributed by atoms with Gasteiger partial charge in [0.2, 0.25) is 0 Å². The van der Waals surface area contributed by atoms with Gasteiger partial charge in [0.25, 0.3) is 0 Å². The van der Waals surface area contributed by atoms with E-state index in [9.17, 15) is 0 Å². The highest BCUT2D eigenvalue weighted by atomic mass is 14.9. The Bertz CT molecular complexity index is 221. The summed E-state index contributed by atoms with van der Waals surface area (Å²) in [6, 6.07) is 0. The lowest BCUT2D eigenvalue weighted by Crippen LogP contribution is -2.21. The van der Waals surface area contributed by atoms with Crippen molar-refractivity contribution in [2.45, 2.75) is 26.7 Å². The molecule has 0 aromatic heterocycles. The van der Waals surface area contributed by atoms with Gasteiger partial charge in [-0.15, -0.1) is 0 Å². The minimum Gasteiger partial charge on any atom is -0.385 e. The molecular weight excluding hydrogens is 146 g/mol. The number of piperidine rings is 1. The standard InChI is InChI=1S/C11H17N/c1-3-5-8-11-10(4-2)7-6-9-12-11/h3-5,8,12H,6-7,9H2,1-2H3/b5-3-,10-4-,11-8+. The topological polar surface area (TPSA) is 12.0 Å². The highest BCUT2D eigenvalue weighted by molar-refractivity contribution is 5.33. The van der Waals surface area contributed by atoms with Crippen LogP contribution in [0.3, 0.4) is 0 Å². The van der Waals surface area contributed by atoms with Crippen molar-refractivity contribution < 1.29 is 0 Å². The second-order valence-electron chi connectivity index (χ2n) is 2.95. The summed E-state index contributed by atoms with van der Waals surface area (Å²) < 4.78 is 0. The third-order valence-electron chi connectivity index (χ3n) is 2.09. The highest BCUT2D eigenvalue weighted by Gasteiger charge is 2.07. The maximum Gasteiger partial charge on any atom is 0.0369 e. The molecule has 0 bridgehead atoms. The Hall–Kier alpha value is -0.980. The minimum atomic E-state index is 1.11. The van der Waals surface area contributed by atoms with Crippen molar-refractivity contribution in [1.82, 2.24) is 5.32 Å². The number of hydrogen-bond acceptors (Lipinski definition) is 1. The fourth-order valence-electron chi connectivity index (χ4n) is 1.41. The van der Waals surface area contributed by atoms with E-state index < -0.39 is 0 Å². The molecule has 12 heavy (non-hydrogen) atoms. The van der Waals surface area contributed by atoms with Gasteiger partial charge in [-0.05, 0) is 38.3 Å². The third-order valence-corrected chi connectivity index (χ3v) is 2.09. The Morgan fingerprint density at radius 3 is 2.83 bits per heavy atom. The smallest absolute Gasteiger partial charge is 0.0369 e. The van der Waals surface area contributed by atoms with Crippen LogP contribution in [0.25, 0.3) is 0 Å². The first kappa shape index (κ1) is 9.11. The Labute approximate surface area is 74.9 Å². The zero-order valence-electron chi connectivity index (χ0n) is 7.93. The van der Waals surface area contributed by atoms with Gasteiger partial charge in [-0.1, -0.05) is 18.2 Å². The predicted octanol–water partition coefficient (Wildman–Crippen LogP) is 2.78. The fourth-order valence-corrected chi connectivity index (χ4v) is 1.41. The van der Waals surface area contributed by atoms with E-state index in [-0.39, 0.29) is 0 Å². The lowest BCUT2D eigenvalue weighted by Gasteiger charge is -2.19. The first-order chi connectivity index (χ1) is 5.88. The monoisotopic (exact) mass is 163 g/mol. The second-order valence-corrected chi connectivity index (χ2v) is 2.95. The van der Waals surface area contributed by atoms with E-state index in [2.05, 4.69) is 36.5 Å². The first-order valence-corrected chi connectivity index (χ1v) is 4.61. The van der Waals surface area contributed by atoms with E-state index in [1.165, 1.54) is 24.1 Å². The summed E-state index contributed by atoms with van der Waals surface area (Å²) in [6.07, 6.45) is 10.9. The molecule has 1 fully saturated rings. The zero-order valence-corrected chi connectivity index (χ0v) is 7.93. The average molecular weight is 163 g/mol. The lowest BCUT2D eigenvalue weighted by molar-refractivity contribution is 0.668. The molecular formula is C11H17N. The van der Waals surface area contributed by atoms with Crippen LogP contribution < -0.4 is 5.32 Å². The molecule has 1 aliphatic heterocycles. The number of rotatable bonds is 1. The van der Waals surface area contributed by atoms with Gasteiger partial charge in [-0.3, -0.25) is 0 Å². The van der Waals surface area contributed by atoms with Crippen molar-refractivity contribution in [3.05, 3.63) is 35.6 Å². The van der Waals surface area contributed by atoms with Crippen LogP contribution in [0, 0.1) is 0 Å². The van der Waals surface area contributed by atoms with Gasteiger partial charge in [0.1, 0.15) is 0 Å². The first-order valence-electron chi connectivity index (χ1n) is 4.61. The van der Waals surface area contributed by atoms with E-state index in [0.29, 0.717) is 0 Å². The molecule has 0 spiro atoms. The van der Waals surface area contributed by atoms with Crippen LogP contribution >= 0.6 is 0 Å². The molecule has 1 aliphatic rings. The minimum absolute atomic E-state index is 1.11. The summed E-state index contributed by atoms with van der Waals surface area (Å²) in [6.45, 7) is 5.25. The lowest BCUT2D eigenvalue weighted by atomic mass is 10.0. The predicted molar refractivity (Wildman–Crippen MR) is 53.9 cm³/mol. The third kappa shape index (κ3) is 2.26. The molecule has 0 radical (unpaired) electrons. The Morgan fingerprint density at radius 1 is 1.33 bits per heavy atom. The highest BCUT2D eigenvalue weighted by Crippen LogP contribution is 2.17. The molecule has 0 unspecified atom stereocenters. The van der Waals surface area contributed by atoms with Gasteiger partial charge < -0.3 is 5.32 Å². The molecule has 0 aliphatic carbocycles. The average Bonchev–Trinajstić information content (AvgIpc) is 2.15. The molecule has 0 aromatic rings. The van der Waals surface area contributed by atoms with Crippen LogP contribution in [-0.2, 0) is 0 Å². The Kier molecular flexibility index (Phi) is 3.65. The Morgan fingerprint density at radius 2 is 2.17 bits per heavy atom. The van der Waals surface area contributed by atoms with Crippen molar-refractivity contribution in [1.29, 1.82) is 0 Å². The van der Waals surface area contributed by atoms with Crippen molar-refractivity contribution in [3.63, 3.8) is 0 Å². The van der Waals surface area contributed by atoms with E-state index in [4.69, 9.17) is 0 Å². The van der Waals surface area contributed by atoms with E-state index in [1.54, 1.807) is 0 Å². The molecule has 0 saturated carbocycles. The normalized spacial score (nSPS) is 25.2. The summed E-state index contributed by atoms with van der Waals surface area (Å²) >= 11 is 0. The van der Waals surface area contributed by atoms with Gasteiger partial charge in [0.05, 0.1) is 0 Å². The maximum atomic E-state index is 3.40. The largest absolute Gasteiger partial charge is 0.385 e. The Balaban J connectivity index is 2.71. The quantitative estimate of drug-likeness (QED) is 0.626. The summed E-state index contributed by atoms with van der Waals surface area (Å²) in [5.41, 5.74) is 2.74. The van der Waals surface area contributed by atoms with E-state index in [1.807, 2.05) is 6.92 Å². The van der Waals surface area contributed by atoms with Crippen molar-refractivity contribution in [2.24, 2.45) is 0 Å². The number of nitrogens with one attached hydrogen (secondary N) is 1. The van der Waals surface area contributed by atoms with E-state index in [0.717, 1.165) is 6.54 Å². The van der Waals surface area contributed by atoms with Gasteiger partial charge in [-0.25, -0.2) is 0 Å². The van der Waals surface area contributed by atoms with Crippen LogP contribution in [0.15, 0.2) is 35.6 Å². The van der Waals surface area contributed by atoms with Crippen molar-refractivity contribution >= 4 is 0 Å². The molecule has 1 N–H and O–H groups in total. The van der Waals surface area contributed by atoms with Crippen LogP contribution in [0.5, 0.6) is 0 Å². The van der Waals surface area contributed by atoms with Crippen molar-refractivity contribution in [2.75, 3.05) is 6.54 Å². The molecule has 0 amide bonds. The van der Waals surface area contributed by atoms with Crippen LogP contribution in [0.1, 0.15) is 26.7 Å². The second kappa shape index (κ2) is 4.81. The van der Waals surface area contributed by atoms with Gasteiger partial charge in [0.15, 0.2) is 0 Å². The molecule has 66 valence electrons. The summed E-state index contributed by atoms with van der Waals surface area (Å²) in [5.74, 6) is 0. The fraction of sp³-hybridized carbons (Fsp3) is 0.455. The molecule has 1 heteroatoms. The summed E-state index contributed by atoms with van der Waals surface area (Å²) in [7, 11) is 0. The molecule has 1 rings (SSSR count). The van der Waals surface area contributed by atoms with Crippen molar-refractivity contribution in [3.8, 4) is 0 Å². The maximum absolute atomic E-state index is 3.40. The molecule has 1 heterocycles. The molecule has 0 aromatic carbocycles. The number of allylic oxidation sites excluding steroid dienone is 5. The molecule has 1 saturated heterocycles. The van der Waals surface area contributed by atoms with Gasteiger partial charge >= 0.3 is 0 Å². The summed E-state index contributed by atoms with van der Waals surface area (Å²) in [4.78, 5) is 0. The van der Waals surface area contributed by atoms with E-state index >= 15 is 0 Å².